The molecule has 39 heavy (non-hydrogen) atoms. The Morgan fingerprint density at radius 1 is 0.744 bits per heavy atom. The first-order valence-corrected chi connectivity index (χ1v) is 14.0. The van der Waals surface area contributed by atoms with Crippen molar-refractivity contribution in [2.75, 3.05) is 16.7 Å². The van der Waals surface area contributed by atoms with Crippen molar-refractivity contribution in [2.24, 2.45) is 0 Å². The highest BCUT2D eigenvalue weighted by Crippen LogP contribution is 2.46. The van der Waals surface area contributed by atoms with Crippen LogP contribution in [0.1, 0.15) is 5.56 Å². The average Bonchev–Trinajstić information content (AvgIpc) is 3.37. The Kier molecular flexibility index (Phi) is 6.07. The summed E-state index contributed by atoms with van der Waals surface area (Å²) in [5.74, 6) is -0.107. The highest BCUT2D eigenvalue weighted by molar-refractivity contribution is 7.90. The summed E-state index contributed by atoms with van der Waals surface area (Å²) in [7, 11) is -3.33. The summed E-state index contributed by atoms with van der Waals surface area (Å²) < 4.78 is 51.7. The van der Waals surface area contributed by atoms with Gasteiger partial charge in [-0.15, -0.1) is 0 Å². The normalized spacial score (nSPS) is 12.7. The Labute approximate surface area is 224 Å². The zero-order valence-electron chi connectivity index (χ0n) is 20.8. The van der Waals surface area contributed by atoms with Gasteiger partial charge in [-0.1, -0.05) is 12.1 Å². The van der Waals surface area contributed by atoms with Gasteiger partial charge in [-0.25, -0.2) is 22.2 Å². The summed E-state index contributed by atoms with van der Waals surface area (Å²) in [6, 6.07) is 22.8. The minimum Gasteiger partial charge on any atom is -0.282 e. The molecule has 0 bridgehead atoms. The van der Waals surface area contributed by atoms with Crippen LogP contribution in [0.15, 0.2) is 102 Å². The first-order chi connectivity index (χ1) is 18.8. The first kappa shape index (κ1) is 24.7. The van der Waals surface area contributed by atoms with Crippen LogP contribution in [0, 0.1) is 11.6 Å². The van der Waals surface area contributed by atoms with Crippen molar-refractivity contribution in [1.82, 2.24) is 9.97 Å². The quantitative estimate of drug-likeness (QED) is 0.274. The number of pyridine rings is 2. The van der Waals surface area contributed by atoms with Crippen LogP contribution in [0.2, 0.25) is 0 Å². The summed E-state index contributed by atoms with van der Waals surface area (Å²) in [4.78, 5) is 9.39. The molecule has 6 rings (SSSR count). The zero-order valence-corrected chi connectivity index (χ0v) is 21.6. The number of fused-ring (bicyclic) bond motifs is 1. The third kappa shape index (κ3) is 4.72. The zero-order chi connectivity index (χ0) is 27.1. The predicted octanol–water partition coefficient (Wildman–Crippen LogP) is 6.51. The SMILES string of the molecule is CS(=O)(=O)c1ccc(N2Cc3c(nc(-c4ccc(F)cc4)c(-c4ccncc4)c3-c3ccc(F)cc3)N2)cc1. The van der Waals surface area contributed by atoms with Gasteiger partial charge in [-0.05, 0) is 83.9 Å². The van der Waals surface area contributed by atoms with Gasteiger partial charge in [-0.3, -0.25) is 15.4 Å². The Balaban J connectivity index is 1.58. The second-order valence-corrected chi connectivity index (χ2v) is 11.3. The van der Waals surface area contributed by atoms with E-state index in [1.807, 2.05) is 17.1 Å². The van der Waals surface area contributed by atoms with Crippen molar-refractivity contribution in [3.05, 3.63) is 115 Å². The van der Waals surface area contributed by atoms with Gasteiger partial charge in [0.25, 0.3) is 0 Å². The lowest BCUT2D eigenvalue weighted by atomic mass is 9.88. The summed E-state index contributed by atoms with van der Waals surface area (Å²) >= 11 is 0. The molecule has 5 aromatic rings. The van der Waals surface area contributed by atoms with Crippen LogP contribution >= 0.6 is 0 Å². The highest BCUT2D eigenvalue weighted by atomic mass is 32.2. The van der Waals surface area contributed by atoms with Crippen molar-refractivity contribution < 1.29 is 17.2 Å². The number of hydrazine groups is 1. The van der Waals surface area contributed by atoms with Crippen molar-refractivity contribution in [1.29, 1.82) is 0 Å². The number of hydrogen-bond donors (Lipinski definition) is 1. The van der Waals surface area contributed by atoms with Crippen LogP contribution in [0.25, 0.3) is 33.5 Å². The van der Waals surface area contributed by atoms with Gasteiger partial charge in [0.15, 0.2) is 15.7 Å². The molecule has 1 aliphatic heterocycles. The molecule has 0 unspecified atom stereocenters. The van der Waals surface area contributed by atoms with E-state index in [9.17, 15) is 17.2 Å². The Morgan fingerprint density at radius 2 is 1.31 bits per heavy atom. The van der Waals surface area contributed by atoms with E-state index < -0.39 is 9.84 Å². The van der Waals surface area contributed by atoms with Crippen LogP contribution in [0.5, 0.6) is 0 Å². The topological polar surface area (TPSA) is 75.2 Å². The van der Waals surface area contributed by atoms with Crippen LogP contribution in [0.3, 0.4) is 0 Å². The fourth-order valence-corrected chi connectivity index (χ4v) is 5.41. The number of benzene rings is 3. The molecule has 1 N–H and O–H groups in total. The molecule has 3 heterocycles. The van der Waals surface area contributed by atoms with E-state index in [0.717, 1.165) is 33.5 Å². The molecule has 0 amide bonds. The average molecular weight is 541 g/mol. The molecule has 0 spiro atoms. The fourth-order valence-electron chi connectivity index (χ4n) is 4.78. The summed E-state index contributed by atoms with van der Waals surface area (Å²) in [6.07, 6.45) is 4.56. The number of anilines is 2. The molecule has 1 aliphatic rings. The second-order valence-electron chi connectivity index (χ2n) is 9.25. The Morgan fingerprint density at radius 3 is 1.90 bits per heavy atom. The highest BCUT2D eigenvalue weighted by Gasteiger charge is 2.29. The van der Waals surface area contributed by atoms with E-state index in [-0.39, 0.29) is 16.5 Å². The van der Waals surface area contributed by atoms with Gasteiger partial charge < -0.3 is 0 Å². The van der Waals surface area contributed by atoms with Gasteiger partial charge in [0.2, 0.25) is 0 Å². The Bertz CT molecular complexity index is 1780. The van der Waals surface area contributed by atoms with E-state index in [1.165, 1.54) is 30.5 Å². The molecule has 2 aromatic heterocycles. The van der Waals surface area contributed by atoms with Gasteiger partial charge in [0.1, 0.15) is 11.6 Å². The molecule has 3 aromatic carbocycles. The number of nitrogens with one attached hydrogen (secondary N) is 1. The van der Waals surface area contributed by atoms with E-state index in [0.29, 0.717) is 23.6 Å². The van der Waals surface area contributed by atoms with E-state index in [4.69, 9.17) is 4.98 Å². The van der Waals surface area contributed by atoms with E-state index >= 15 is 0 Å². The molecule has 6 nitrogen and oxygen atoms in total. The lowest BCUT2D eigenvalue weighted by Gasteiger charge is -2.18. The molecule has 9 heteroatoms. The van der Waals surface area contributed by atoms with E-state index in [1.54, 1.807) is 60.9 Å². The maximum Gasteiger partial charge on any atom is 0.175 e. The van der Waals surface area contributed by atoms with Crippen LogP contribution in [0.4, 0.5) is 20.3 Å². The van der Waals surface area contributed by atoms with Gasteiger partial charge in [-0.2, -0.15) is 0 Å². The largest absolute Gasteiger partial charge is 0.282 e. The maximum atomic E-state index is 14.0. The summed E-state index contributed by atoms with van der Waals surface area (Å²) in [6.45, 7) is 0.412. The van der Waals surface area contributed by atoms with Gasteiger partial charge in [0, 0.05) is 40.9 Å². The third-order valence-electron chi connectivity index (χ3n) is 6.65. The lowest BCUT2D eigenvalue weighted by molar-refractivity contribution is 0.602. The molecular weight excluding hydrogens is 518 g/mol. The molecule has 0 saturated carbocycles. The molecule has 194 valence electrons. The van der Waals surface area contributed by atoms with Crippen molar-refractivity contribution in [3.63, 3.8) is 0 Å². The number of halogens is 2. The smallest absolute Gasteiger partial charge is 0.175 e. The molecule has 0 saturated heterocycles. The minimum absolute atomic E-state index is 0.228. The van der Waals surface area contributed by atoms with Crippen molar-refractivity contribution in [2.45, 2.75) is 11.4 Å². The number of nitrogens with zero attached hydrogens (tertiary/aromatic N) is 3. The number of aromatic nitrogens is 2. The predicted molar refractivity (Wildman–Crippen MR) is 148 cm³/mol. The number of hydrogen-bond acceptors (Lipinski definition) is 6. The first-order valence-electron chi connectivity index (χ1n) is 12.1. The fraction of sp³-hybridized carbons (Fsp3) is 0.0667. The Hall–Kier alpha value is -4.63. The lowest BCUT2D eigenvalue weighted by Crippen LogP contribution is -2.22. The number of rotatable bonds is 5. The maximum absolute atomic E-state index is 14.0. The van der Waals surface area contributed by atoms with Crippen LogP contribution < -0.4 is 10.4 Å². The third-order valence-corrected chi connectivity index (χ3v) is 7.78. The molecule has 0 fully saturated rings. The second kappa shape index (κ2) is 9.59. The summed E-state index contributed by atoms with van der Waals surface area (Å²) in [5.41, 5.74) is 9.63. The minimum atomic E-state index is -3.33. The van der Waals surface area contributed by atoms with Gasteiger partial charge in [0.05, 0.1) is 22.8 Å². The monoisotopic (exact) mass is 540 g/mol. The number of sulfone groups is 1. The standard InChI is InChI=1S/C30H22F2N4O2S/c1-39(37,38)25-12-10-24(11-13-25)36-18-26-27(19-2-6-22(31)7-3-19)28(20-14-16-33-17-15-20)29(34-30(26)35-36)21-4-8-23(32)9-5-21/h2-17H,18H2,1H3,(H,34,35). The molecule has 0 atom stereocenters. The van der Waals surface area contributed by atoms with Crippen molar-refractivity contribution in [3.8, 4) is 33.5 Å². The van der Waals surface area contributed by atoms with Crippen LogP contribution in [-0.2, 0) is 16.4 Å². The van der Waals surface area contributed by atoms with Crippen molar-refractivity contribution >= 4 is 21.3 Å². The molecule has 0 aliphatic carbocycles. The van der Waals surface area contributed by atoms with Crippen LogP contribution in [-0.4, -0.2) is 24.6 Å². The molecule has 0 radical (unpaired) electrons. The van der Waals surface area contributed by atoms with Gasteiger partial charge >= 0.3 is 0 Å². The summed E-state index contributed by atoms with van der Waals surface area (Å²) in [5, 5.41) is 1.88. The molecular formula is C30H22F2N4O2S. The van der Waals surface area contributed by atoms with E-state index in [2.05, 4.69) is 10.4 Å².